The molecule has 0 amide bonds. The zero-order valence-electron chi connectivity index (χ0n) is 13.8. The van der Waals surface area contributed by atoms with E-state index in [4.69, 9.17) is 0 Å². The van der Waals surface area contributed by atoms with Crippen LogP contribution in [0.5, 0.6) is 0 Å². The van der Waals surface area contributed by atoms with E-state index >= 15 is 0 Å². The highest BCUT2D eigenvalue weighted by molar-refractivity contribution is 5.49. The number of rotatable bonds is 5. The third-order valence-corrected chi connectivity index (χ3v) is 4.40. The lowest BCUT2D eigenvalue weighted by Crippen LogP contribution is -2.36. The molecule has 0 bridgehead atoms. The third kappa shape index (κ3) is 4.74. The van der Waals surface area contributed by atoms with Crippen molar-refractivity contribution in [1.82, 2.24) is 5.32 Å². The van der Waals surface area contributed by atoms with Gasteiger partial charge in [0.25, 0.3) is 0 Å². The van der Waals surface area contributed by atoms with Crippen LogP contribution in [0.25, 0.3) is 0 Å². The van der Waals surface area contributed by atoms with E-state index in [9.17, 15) is 18.3 Å². The third-order valence-electron chi connectivity index (χ3n) is 4.40. The molecule has 3 rings (SSSR count). The summed E-state index contributed by atoms with van der Waals surface area (Å²) in [5.41, 5.74) is 1.81. The molecule has 1 fully saturated rings. The summed E-state index contributed by atoms with van der Waals surface area (Å²) in [5, 5.41) is 12.6. The Labute approximate surface area is 145 Å². The second-order valence-electron chi connectivity index (χ2n) is 6.39. The van der Waals surface area contributed by atoms with Gasteiger partial charge in [-0.25, -0.2) is 13.2 Å². The number of aliphatic hydroxyl groups excluding tert-OH is 1. The summed E-state index contributed by atoms with van der Waals surface area (Å²) in [4.78, 5) is 1.94. The predicted octanol–water partition coefficient (Wildman–Crippen LogP) is 3.35. The van der Waals surface area contributed by atoms with E-state index in [1.165, 1.54) is 18.2 Å². The van der Waals surface area contributed by atoms with Gasteiger partial charge in [0.15, 0.2) is 0 Å². The number of hydrogen-bond donors (Lipinski definition) is 2. The standard InChI is InChI=1S/C19H21F3N2O/c20-15-7-14(8-16(21)10-15)12-23-11-13-1-2-19(18(22)9-13)24-5-3-17(25)4-6-24/h1-2,7-10,17,23,25H,3-6,11-12H2. The monoisotopic (exact) mass is 350 g/mol. The Kier molecular flexibility index (Phi) is 5.60. The van der Waals surface area contributed by atoms with E-state index in [1.54, 1.807) is 6.07 Å². The predicted molar refractivity (Wildman–Crippen MR) is 90.8 cm³/mol. The largest absolute Gasteiger partial charge is 0.393 e. The average Bonchev–Trinajstić information content (AvgIpc) is 2.55. The maximum Gasteiger partial charge on any atom is 0.146 e. The first kappa shape index (κ1) is 17.8. The van der Waals surface area contributed by atoms with E-state index in [1.807, 2.05) is 11.0 Å². The first-order valence-corrected chi connectivity index (χ1v) is 8.38. The van der Waals surface area contributed by atoms with Crippen molar-refractivity contribution in [2.24, 2.45) is 0 Å². The molecule has 2 aromatic carbocycles. The topological polar surface area (TPSA) is 35.5 Å². The van der Waals surface area contributed by atoms with Crippen molar-refractivity contribution in [3.05, 3.63) is 65.0 Å². The van der Waals surface area contributed by atoms with Crippen molar-refractivity contribution < 1.29 is 18.3 Å². The van der Waals surface area contributed by atoms with Crippen molar-refractivity contribution in [1.29, 1.82) is 0 Å². The first-order chi connectivity index (χ1) is 12.0. The highest BCUT2D eigenvalue weighted by Gasteiger charge is 2.19. The molecule has 6 heteroatoms. The van der Waals surface area contributed by atoms with E-state index < -0.39 is 11.6 Å². The van der Waals surface area contributed by atoms with Crippen molar-refractivity contribution in [2.75, 3.05) is 18.0 Å². The molecule has 25 heavy (non-hydrogen) atoms. The van der Waals surface area contributed by atoms with Gasteiger partial charge < -0.3 is 15.3 Å². The van der Waals surface area contributed by atoms with Crippen LogP contribution in [0, 0.1) is 17.5 Å². The summed E-state index contributed by atoms with van der Waals surface area (Å²) in [6.45, 7) is 1.97. The Morgan fingerprint density at radius 1 is 0.920 bits per heavy atom. The van der Waals surface area contributed by atoms with E-state index in [2.05, 4.69) is 5.32 Å². The van der Waals surface area contributed by atoms with E-state index in [-0.39, 0.29) is 11.9 Å². The quantitative estimate of drug-likeness (QED) is 0.868. The van der Waals surface area contributed by atoms with Crippen LogP contribution in [0.3, 0.4) is 0 Å². The lowest BCUT2D eigenvalue weighted by atomic mass is 10.1. The summed E-state index contributed by atoms with van der Waals surface area (Å²) in [5.74, 6) is -1.52. The zero-order valence-corrected chi connectivity index (χ0v) is 13.8. The second kappa shape index (κ2) is 7.89. The van der Waals surface area contributed by atoms with Crippen LogP contribution in [-0.2, 0) is 13.1 Å². The molecule has 0 aromatic heterocycles. The first-order valence-electron chi connectivity index (χ1n) is 8.38. The number of piperidine rings is 1. The van der Waals surface area contributed by atoms with Gasteiger partial charge in [-0.3, -0.25) is 0 Å². The van der Waals surface area contributed by atoms with Gasteiger partial charge in [-0.1, -0.05) is 6.07 Å². The summed E-state index contributed by atoms with van der Waals surface area (Å²) in [6.07, 6.45) is 0.996. The van der Waals surface area contributed by atoms with Crippen LogP contribution >= 0.6 is 0 Å². The van der Waals surface area contributed by atoms with Gasteiger partial charge in [-0.2, -0.15) is 0 Å². The van der Waals surface area contributed by atoms with Gasteiger partial charge in [0, 0.05) is 32.2 Å². The molecular weight excluding hydrogens is 329 g/mol. The number of benzene rings is 2. The Morgan fingerprint density at radius 2 is 1.56 bits per heavy atom. The Hall–Kier alpha value is -2.05. The number of aliphatic hydroxyl groups is 1. The normalized spacial score (nSPS) is 15.6. The molecule has 2 N–H and O–H groups in total. The molecule has 1 aliphatic heterocycles. The van der Waals surface area contributed by atoms with Gasteiger partial charge in [-0.15, -0.1) is 0 Å². The molecule has 1 aliphatic rings. The molecule has 1 heterocycles. The van der Waals surface area contributed by atoms with Gasteiger partial charge in [0.1, 0.15) is 17.5 Å². The zero-order chi connectivity index (χ0) is 17.8. The van der Waals surface area contributed by atoms with Crippen molar-refractivity contribution in [3.8, 4) is 0 Å². The van der Waals surface area contributed by atoms with Crippen LogP contribution in [0.1, 0.15) is 24.0 Å². The minimum Gasteiger partial charge on any atom is -0.393 e. The minimum atomic E-state index is -0.612. The second-order valence-corrected chi connectivity index (χ2v) is 6.39. The average molecular weight is 350 g/mol. The molecular formula is C19H21F3N2O. The minimum absolute atomic E-state index is 0.294. The summed E-state index contributed by atoms with van der Waals surface area (Å²) in [6, 6.07) is 8.42. The fraction of sp³-hybridized carbons (Fsp3) is 0.368. The number of hydrogen-bond acceptors (Lipinski definition) is 3. The fourth-order valence-electron chi connectivity index (χ4n) is 3.09. The smallest absolute Gasteiger partial charge is 0.146 e. The molecule has 0 aliphatic carbocycles. The lowest BCUT2D eigenvalue weighted by Gasteiger charge is -2.31. The van der Waals surface area contributed by atoms with Crippen LogP contribution in [0.4, 0.5) is 18.9 Å². The van der Waals surface area contributed by atoms with Crippen LogP contribution in [0.2, 0.25) is 0 Å². The Balaban J connectivity index is 1.57. The van der Waals surface area contributed by atoms with Crippen molar-refractivity contribution in [2.45, 2.75) is 32.0 Å². The highest BCUT2D eigenvalue weighted by atomic mass is 19.1. The molecule has 0 atom stereocenters. The maximum atomic E-state index is 14.4. The Bertz CT molecular complexity index is 710. The SMILES string of the molecule is OC1CCN(c2ccc(CNCc3cc(F)cc(F)c3)cc2F)CC1. The van der Waals surface area contributed by atoms with Crippen molar-refractivity contribution in [3.63, 3.8) is 0 Å². The number of nitrogens with zero attached hydrogens (tertiary/aromatic N) is 1. The molecule has 0 unspecified atom stereocenters. The van der Waals surface area contributed by atoms with E-state index in [0.717, 1.165) is 11.6 Å². The molecule has 1 saturated heterocycles. The van der Waals surface area contributed by atoms with Crippen molar-refractivity contribution >= 4 is 5.69 Å². The molecule has 0 spiro atoms. The number of anilines is 1. The molecule has 2 aromatic rings. The summed E-state index contributed by atoms with van der Waals surface area (Å²) in [7, 11) is 0. The Morgan fingerprint density at radius 3 is 2.20 bits per heavy atom. The van der Waals surface area contributed by atoms with E-state index in [0.29, 0.717) is 50.3 Å². The molecule has 134 valence electrons. The van der Waals surface area contributed by atoms with Gasteiger partial charge >= 0.3 is 0 Å². The van der Waals surface area contributed by atoms with Gasteiger partial charge in [0.05, 0.1) is 11.8 Å². The number of nitrogens with one attached hydrogen (secondary N) is 1. The van der Waals surface area contributed by atoms with Crippen LogP contribution in [-0.4, -0.2) is 24.3 Å². The summed E-state index contributed by atoms with van der Waals surface area (Å²) >= 11 is 0. The van der Waals surface area contributed by atoms with Crippen LogP contribution < -0.4 is 10.2 Å². The van der Waals surface area contributed by atoms with Crippen LogP contribution in [0.15, 0.2) is 36.4 Å². The molecule has 0 saturated carbocycles. The fourth-order valence-corrected chi connectivity index (χ4v) is 3.09. The lowest BCUT2D eigenvalue weighted by molar-refractivity contribution is 0.145. The number of halogens is 3. The summed E-state index contributed by atoms with van der Waals surface area (Å²) < 4.78 is 40.6. The molecule has 3 nitrogen and oxygen atoms in total. The van der Waals surface area contributed by atoms with Gasteiger partial charge in [0.2, 0.25) is 0 Å². The van der Waals surface area contributed by atoms with Gasteiger partial charge in [-0.05, 0) is 48.2 Å². The highest BCUT2D eigenvalue weighted by Crippen LogP contribution is 2.24. The molecule has 0 radical (unpaired) electrons. The maximum absolute atomic E-state index is 14.4.